The highest BCUT2D eigenvalue weighted by molar-refractivity contribution is 7.92. The number of aryl methyl sites for hydroxylation is 1. The van der Waals surface area contributed by atoms with Gasteiger partial charge in [0, 0.05) is 12.5 Å². The molecule has 2 heterocycles. The van der Waals surface area contributed by atoms with Crippen LogP contribution in [0.5, 0.6) is 0 Å². The summed E-state index contributed by atoms with van der Waals surface area (Å²) in [7, 11) is -1.65. The number of hydrogen-bond acceptors (Lipinski definition) is 3. The maximum atomic E-state index is 13.3. The molecular weight excluding hydrogens is 375 g/mol. The summed E-state index contributed by atoms with van der Waals surface area (Å²) in [5.41, 5.74) is 2.99. The van der Waals surface area contributed by atoms with E-state index in [0.29, 0.717) is 0 Å². The molecule has 0 radical (unpaired) electrons. The molecule has 1 fully saturated rings. The number of anilines is 1. The van der Waals surface area contributed by atoms with Crippen LogP contribution in [0.2, 0.25) is 0 Å². The Hall–Kier alpha value is -1.63. The number of sulfonamides is 1. The first-order valence-corrected chi connectivity index (χ1v) is 9.91. The summed E-state index contributed by atoms with van der Waals surface area (Å²) < 4.78 is 41.4. The normalized spacial score (nSPS) is 22.5. The van der Waals surface area contributed by atoms with E-state index in [4.69, 9.17) is 0 Å². The second-order valence-electron chi connectivity index (χ2n) is 7.04. The molecule has 2 atom stereocenters. The zero-order valence-corrected chi connectivity index (χ0v) is 16.4. The average Bonchev–Trinajstić information content (AvgIpc) is 2.89. The smallest absolute Gasteiger partial charge is 0.264 e. The fraction of sp³-hybridized carbons (Fsp3) is 0.368. The van der Waals surface area contributed by atoms with Gasteiger partial charge in [-0.3, -0.25) is 4.31 Å². The van der Waals surface area contributed by atoms with Gasteiger partial charge in [-0.05, 0) is 62.8 Å². The van der Waals surface area contributed by atoms with E-state index < -0.39 is 15.8 Å². The first-order valence-electron chi connectivity index (χ1n) is 8.47. The first kappa shape index (κ1) is 19.1. The standard InChI is InChI=1S/C19H21FN2O2S.ClH/c1-13-3-8-18-16(11-13)17-12-21(2)10-9-19(17)22(18)25(23,24)15-6-4-14(20)5-7-15;/h3-8,11,17,19H,9-10,12H2,1-2H3;1H/t17-,19-;/m0./s1. The third kappa shape index (κ3) is 3.00. The molecule has 1 saturated heterocycles. The van der Waals surface area contributed by atoms with Crippen molar-refractivity contribution in [3.05, 3.63) is 59.4 Å². The van der Waals surface area contributed by atoms with Gasteiger partial charge in [0.05, 0.1) is 16.6 Å². The van der Waals surface area contributed by atoms with Gasteiger partial charge in [-0.1, -0.05) is 17.7 Å². The van der Waals surface area contributed by atoms with E-state index >= 15 is 0 Å². The molecule has 2 aromatic carbocycles. The van der Waals surface area contributed by atoms with Crippen LogP contribution in [-0.4, -0.2) is 39.5 Å². The van der Waals surface area contributed by atoms with Crippen LogP contribution < -0.4 is 4.31 Å². The van der Waals surface area contributed by atoms with E-state index in [9.17, 15) is 12.8 Å². The van der Waals surface area contributed by atoms with Crippen LogP contribution in [-0.2, 0) is 10.0 Å². The van der Waals surface area contributed by atoms with Gasteiger partial charge in [-0.25, -0.2) is 12.8 Å². The highest BCUT2D eigenvalue weighted by Gasteiger charge is 2.46. The fourth-order valence-electron chi connectivity index (χ4n) is 4.07. The van der Waals surface area contributed by atoms with Gasteiger partial charge in [0.25, 0.3) is 10.0 Å². The van der Waals surface area contributed by atoms with Crippen molar-refractivity contribution in [2.75, 3.05) is 24.4 Å². The lowest BCUT2D eigenvalue weighted by Gasteiger charge is -2.36. The zero-order chi connectivity index (χ0) is 17.8. The summed E-state index contributed by atoms with van der Waals surface area (Å²) in [4.78, 5) is 2.39. The minimum atomic E-state index is -3.72. The molecule has 2 aliphatic heterocycles. The predicted octanol–water partition coefficient (Wildman–Crippen LogP) is 3.55. The van der Waals surface area contributed by atoms with Crippen LogP contribution in [0.4, 0.5) is 10.1 Å². The predicted molar refractivity (Wildman–Crippen MR) is 103 cm³/mol. The lowest BCUT2D eigenvalue weighted by Crippen LogP contribution is -2.47. The number of halogens is 2. The lowest BCUT2D eigenvalue weighted by molar-refractivity contribution is 0.237. The number of hydrogen-bond donors (Lipinski definition) is 0. The highest BCUT2D eigenvalue weighted by Crippen LogP contribution is 2.47. The quantitative estimate of drug-likeness (QED) is 0.779. The van der Waals surface area contributed by atoms with Crippen LogP contribution in [0, 0.1) is 12.7 Å². The lowest BCUT2D eigenvalue weighted by atomic mass is 9.89. The number of likely N-dealkylation sites (tertiary alicyclic amines) is 1. The van der Waals surface area contributed by atoms with E-state index in [0.717, 1.165) is 36.3 Å². The molecule has 0 N–H and O–H groups in total. The molecule has 4 nitrogen and oxygen atoms in total. The Morgan fingerprint density at radius 2 is 1.81 bits per heavy atom. The Bertz CT molecular complexity index is 918. The van der Waals surface area contributed by atoms with Crippen LogP contribution in [0.1, 0.15) is 23.5 Å². The van der Waals surface area contributed by atoms with Gasteiger partial charge in [-0.15, -0.1) is 12.4 Å². The van der Waals surface area contributed by atoms with Crippen LogP contribution >= 0.6 is 12.4 Å². The van der Waals surface area contributed by atoms with Crippen molar-refractivity contribution in [1.82, 2.24) is 4.90 Å². The zero-order valence-electron chi connectivity index (χ0n) is 14.7. The topological polar surface area (TPSA) is 40.6 Å². The molecule has 0 saturated carbocycles. The Morgan fingerprint density at radius 3 is 2.50 bits per heavy atom. The Balaban J connectivity index is 0.00000196. The van der Waals surface area contributed by atoms with Crippen LogP contribution in [0.3, 0.4) is 0 Å². The Kier molecular flexibility index (Phi) is 5.03. The summed E-state index contributed by atoms with van der Waals surface area (Å²) in [6.07, 6.45) is 0.787. The second kappa shape index (κ2) is 6.83. The molecule has 4 rings (SSSR count). The van der Waals surface area contributed by atoms with Gasteiger partial charge in [0.2, 0.25) is 0 Å². The number of likely N-dealkylation sites (N-methyl/N-ethyl adjacent to an activating group) is 1. The molecule has 26 heavy (non-hydrogen) atoms. The third-order valence-electron chi connectivity index (χ3n) is 5.27. The van der Waals surface area contributed by atoms with Gasteiger partial charge >= 0.3 is 0 Å². The van der Waals surface area contributed by atoms with Crippen molar-refractivity contribution in [1.29, 1.82) is 0 Å². The maximum absolute atomic E-state index is 13.3. The average molecular weight is 397 g/mol. The fourth-order valence-corrected chi connectivity index (χ4v) is 5.81. The molecule has 0 unspecified atom stereocenters. The van der Waals surface area contributed by atoms with Crippen molar-refractivity contribution in [2.24, 2.45) is 0 Å². The number of benzene rings is 2. The van der Waals surface area contributed by atoms with Crippen molar-refractivity contribution in [3.63, 3.8) is 0 Å². The second-order valence-corrected chi connectivity index (χ2v) is 8.86. The van der Waals surface area contributed by atoms with Crippen molar-refractivity contribution >= 4 is 28.1 Å². The van der Waals surface area contributed by atoms with E-state index in [1.807, 2.05) is 19.1 Å². The highest BCUT2D eigenvalue weighted by atomic mass is 35.5. The molecule has 0 aliphatic carbocycles. The Labute approximate surface area is 160 Å². The monoisotopic (exact) mass is 396 g/mol. The van der Waals surface area contributed by atoms with Gasteiger partial charge in [-0.2, -0.15) is 0 Å². The molecule has 2 aromatic rings. The first-order chi connectivity index (χ1) is 11.9. The van der Waals surface area contributed by atoms with Crippen molar-refractivity contribution < 1.29 is 12.8 Å². The molecule has 0 bridgehead atoms. The largest absolute Gasteiger partial charge is 0.306 e. The molecule has 0 amide bonds. The molecule has 0 aromatic heterocycles. The van der Waals surface area contributed by atoms with E-state index in [1.165, 1.54) is 24.3 Å². The minimum absolute atomic E-state index is 0. The van der Waals surface area contributed by atoms with Crippen molar-refractivity contribution in [2.45, 2.75) is 30.2 Å². The molecule has 2 aliphatic rings. The number of nitrogens with zero attached hydrogens (tertiary/aromatic N) is 2. The molecule has 7 heteroatoms. The summed E-state index contributed by atoms with van der Waals surface area (Å²) in [5.74, 6) is -0.266. The summed E-state index contributed by atoms with van der Waals surface area (Å²) >= 11 is 0. The van der Waals surface area contributed by atoms with E-state index in [2.05, 4.69) is 18.0 Å². The van der Waals surface area contributed by atoms with Crippen LogP contribution in [0.15, 0.2) is 47.4 Å². The minimum Gasteiger partial charge on any atom is -0.306 e. The summed E-state index contributed by atoms with van der Waals surface area (Å²) in [6, 6.07) is 11.0. The van der Waals surface area contributed by atoms with Gasteiger partial charge in [0.15, 0.2) is 0 Å². The molecule has 140 valence electrons. The van der Waals surface area contributed by atoms with E-state index in [1.54, 1.807) is 4.31 Å². The Morgan fingerprint density at radius 1 is 1.12 bits per heavy atom. The maximum Gasteiger partial charge on any atom is 0.264 e. The number of piperidine rings is 1. The van der Waals surface area contributed by atoms with E-state index in [-0.39, 0.29) is 29.3 Å². The third-order valence-corrected chi connectivity index (χ3v) is 7.12. The summed E-state index contributed by atoms with van der Waals surface area (Å²) in [5, 5.41) is 0. The molecule has 0 spiro atoms. The SMILES string of the molecule is Cc1ccc2c(c1)[C@@H]1CN(C)CC[C@@H]1N2S(=O)(=O)c1ccc(F)cc1.Cl. The van der Waals surface area contributed by atoms with Gasteiger partial charge < -0.3 is 4.90 Å². The molecular formula is C19H22ClFN2O2S. The van der Waals surface area contributed by atoms with Crippen LogP contribution in [0.25, 0.3) is 0 Å². The van der Waals surface area contributed by atoms with Crippen molar-refractivity contribution in [3.8, 4) is 0 Å². The summed E-state index contributed by atoms with van der Waals surface area (Å²) in [6.45, 7) is 3.74. The number of fused-ring (bicyclic) bond motifs is 3. The number of rotatable bonds is 2. The van der Waals surface area contributed by atoms with Gasteiger partial charge in [0.1, 0.15) is 5.82 Å².